The Labute approximate surface area is 480 Å². The maximum Gasteiger partial charge on any atom is 0.306 e. The van der Waals surface area contributed by atoms with E-state index in [1.165, 1.54) is 32.1 Å². The molecule has 0 aliphatic rings. The van der Waals surface area contributed by atoms with Gasteiger partial charge in [0.15, 0.2) is 6.10 Å². The van der Waals surface area contributed by atoms with Crippen molar-refractivity contribution in [3.63, 3.8) is 0 Å². The Balaban J connectivity index is 4.33. The number of rotatable bonds is 55. The van der Waals surface area contributed by atoms with Crippen LogP contribution in [0.2, 0.25) is 0 Å². The van der Waals surface area contributed by atoms with Gasteiger partial charge in [-0.25, -0.2) is 0 Å². The fraction of sp³-hybridized carbons (Fsp3) is 0.597. The predicted molar refractivity (Wildman–Crippen MR) is 338 cm³/mol. The van der Waals surface area contributed by atoms with E-state index in [-0.39, 0.29) is 31.1 Å². The van der Waals surface area contributed by atoms with E-state index in [4.69, 9.17) is 14.2 Å². The van der Waals surface area contributed by atoms with Gasteiger partial charge in [-0.1, -0.05) is 249 Å². The van der Waals surface area contributed by atoms with Gasteiger partial charge in [-0.2, -0.15) is 0 Å². The first-order valence-electron chi connectivity index (χ1n) is 31.5. The highest BCUT2D eigenvalue weighted by Crippen LogP contribution is 2.14. The third kappa shape index (κ3) is 61.9. The summed E-state index contributed by atoms with van der Waals surface area (Å²) in [6.45, 7) is 6.34. The van der Waals surface area contributed by atoms with E-state index >= 15 is 0 Å². The largest absolute Gasteiger partial charge is 0.462 e. The highest BCUT2D eigenvalue weighted by atomic mass is 16.6. The summed E-state index contributed by atoms with van der Waals surface area (Å²) in [4.78, 5) is 38.2. The summed E-state index contributed by atoms with van der Waals surface area (Å²) in [5.74, 6) is -0.952. The van der Waals surface area contributed by atoms with Crippen LogP contribution in [0.5, 0.6) is 0 Å². The number of hydrogen-bond donors (Lipinski definition) is 0. The Kier molecular flexibility index (Phi) is 60.4. The molecular weight excluding hydrogens is 961 g/mol. The maximum absolute atomic E-state index is 12.9. The monoisotopic (exact) mass is 1070 g/mol. The molecule has 0 aromatic rings. The number of unbranched alkanes of at least 4 members (excludes halogenated alkanes) is 18. The standard InChI is InChI=1S/C72H114O6/c1-4-7-10-13-16-19-22-25-27-28-29-30-31-32-33-34-35-36-37-38-39-40-41-42-43-44-46-47-50-53-56-59-62-65-71(74)77-68-69(67-76-70(73)64-61-58-55-52-49-24-21-18-15-12-9-6-3)78-72(75)66-63-60-57-54-51-48-45-26-23-20-17-14-11-8-5-2/h7-8,10-11,16-21,25-27,29-30,32-33,35-36,38-39,41-42,44-46,69H,4-6,9,12-15,22-24,28,31,34,37,40,43,47-68H2,1-3H3/b10-7-,11-8-,19-16-,20-17-,21-18-,27-25-,30-29-,33-32-,36-35-,39-38-,42-41-,45-26-,46-44-. The van der Waals surface area contributed by atoms with Crippen LogP contribution in [0.15, 0.2) is 158 Å². The highest BCUT2D eigenvalue weighted by Gasteiger charge is 2.19. The van der Waals surface area contributed by atoms with Crippen LogP contribution in [0.1, 0.15) is 258 Å². The van der Waals surface area contributed by atoms with E-state index in [9.17, 15) is 14.4 Å². The van der Waals surface area contributed by atoms with Gasteiger partial charge in [-0.3, -0.25) is 14.4 Å². The molecule has 0 bridgehead atoms. The van der Waals surface area contributed by atoms with Gasteiger partial charge in [-0.15, -0.1) is 0 Å². The molecule has 0 radical (unpaired) electrons. The quantitative estimate of drug-likeness (QED) is 0.0261. The molecule has 1 unspecified atom stereocenters. The van der Waals surface area contributed by atoms with Crippen molar-refractivity contribution in [3.05, 3.63) is 158 Å². The van der Waals surface area contributed by atoms with Crippen LogP contribution >= 0.6 is 0 Å². The molecule has 0 aliphatic heterocycles. The Morgan fingerprint density at radius 1 is 0.269 bits per heavy atom. The minimum absolute atomic E-state index is 0.101. The summed E-state index contributed by atoms with van der Waals surface area (Å²) in [7, 11) is 0. The second kappa shape index (κ2) is 64.6. The van der Waals surface area contributed by atoms with Crippen molar-refractivity contribution < 1.29 is 28.6 Å². The molecule has 0 saturated heterocycles. The lowest BCUT2D eigenvalue weighted by molar-refractivity contribution is -0.167. The molecule has 0 spiro atoms. The van der Waals surface area contributed by atoms with Crippen molar-refractivity contribution in [1.29, 1.82) is 0 Å². The van der Waals surface area contributed by atoms with Crippen LogP contribution in [0.25, 0.3) is 0 Å². The smallest absolute Gasteiger partial charge is 0.306 e. The van der Waals surface area contributed by atoms with Crippen LogP contribution in [-0.2, 0) is 28.6 Å². The molecule has 0 N–H and O–H groups in total. The van der Waals surface area contributed by atoms with Crippen molar-refractivity contribution in [2.75, 3.05) is 13.2 Å². The van der Waals surface area contributed by atoms with Crippen LogP contribution in [0, 0.1) is 0 Å². The number of carbonyl (C=O) groups is 3. The average molecular weight is 1080 g/mol. The zero-order chi connectivity index (χ0) is 56.4. The van der Waals surface area contributed by atoms with E-state index < -0.39 is 6.10 Å². The Morgan fingerprint density at radius 2 is 0.500 bits per heavy atom. The number of esters is 3. The number of carbonyl (C=O) groups excluding carboxylic acids is 3. The molecule has 0 amide bonds. The Bertz CT molecular complexity index is 1760. The third-order valence-corrected chi connectivity index (χ3v) is 12.7. The second-order valence-electron chi connectivity index (χ2n) is 20.2. The van der Waals surface area contributed by atoms with E-state index in [0.717, 1.165) is 186 Å². The van der Waals surface area contributed by atoms with E-state index in [1.54, 1.807) is 0 Å². The lowest BCUT2D eigenvalue weighted by atomic mass is 10.1. The minimum Gasteiger partial charge on any atom is -0.462 e. The van der Waals surface area contributed by atoms with Crippen molar-refractivity contribution in [2.45, 2.75) is 264 Å². The van der Waals surface area contributed by atoms with E-state index in [1.807, 2.05) is 0 Å². The van der Waals surface area contributed by atoms with Gasteiger partial charge in [0.05, 0.1) is 0 Å². The first-order valence-corrected chi connectivity index (χ1v) is 31.5. The third-order valence-electron chi connectivity index (χ3n) is 12.7. The van der Waals surface area contributed by atoms with Crippen molar-refractivity contribution in [1.82, 2.24) is 0 Å². The SMILES string of the molecule is CC/C=C\C/C=C\C/C=C\C/C=C\C/C=C\C/C=C\C/C=C\C/C=C\C/C=C\CCCCCCCC(=O)OCC(COC(=O)CCCCCCC/C=C\CCCCC)OC(=O)CCCCCCC/C=C\C/C=C\C/C=C\CC. The van der Waals surface area contributed by atoms with Crippen LogP contribution < -0.4 is 0 Å². The molecule has 0 rings (SSSR count). The number of allylic oxidation sites excluding steroid dienone is 26. The first kappa shape index (κ1) is 73.0. The lowest BCUT2D eigenvalue weighted by Gasteiger charge is -2.18. The Morgan fingerprint density at radius 3 is 0.795 bits per heavy atom. The van der Waals surface area contributed by atoms with Gasteiger partial charge in [0, 0.05) is 19.3 Å². The van der Waals surface area contributed by atoms with E-state index in [0.29, 0.717) is 19.3 Å². The fourth-order valence-corrected chi connectivity index (χ4v) is 8.09. The molecule has 0 aliphatic carbocycles. The molecule has 0 aromatic carbocycles. The normalized spacial score (nSPS) is 13.2. The van der Waals surface area contributed by atoms with Gasteiger partial charge in [0.2, 0.25) is 0 Å². The summed E-state index contributed by atoms with van der Waals surface area (Å²) in [5.41, 5.74) is 0. The Hall–Kier alpha value is -4.97. The van der Waals surface area contributed by atoms with Crippen molar-refractivity contribution in [2.24, 2.45) is 0 Å². The fourth-order valence-electron chi connectivity index (χ4n) is 8.09. The van der Waals surface area contributed by atoms with Gasteiger partial charge < -0.3 is 14.2 Å². The molecule has 0 saturated carbocycles. The summed E-state index contributed by atoms with van der Waals surface area (Å²) in [6, 6.07) is 0. The van der Waals surface area contributed by atoms with E-state index in [2.05, 4.69) is 179 Å². The zero-order valence-electron chi connectivity index (χ0n) is 50.1. The molecule has 438 valence electrons. The molecule has 6 nitrogen and oxygen atoms in total. The summed E-state index contributed by atoms with van der Waals surface area (Å²) in [6.07, 6.45) is 93.9. The van der Waals surface area contributed by atoms with Gasteiger partial charge >= 0.3 is 17.9 Å². The van der Waals surface area contributed by atoms with Crippen LogP contribution in [0.4, 0.5) is 0 Å². The molecular formula is C72H114O6. The molecule has 1 atom stereocenters. The molecule has 0 heterocycles. The average Bonchev–Trinajstić information content (AvgIpc) is 3.44. The molecule has 6 heteroatoms. The molecule has 0 aromatic heterocycles. The summed E-state index contributed by atoms with van der Waals surface area (Å²) < 4.78 is 16.8. The van der Waals surface area contributed by atoms with Crippen molar-refractivity contribution in [3.8, 4) is 0 Å². The summed E-state index contributed by atoms with van der Waals surface area (Å²) >= 11 is 0. The predicted octanol–water partition coefficient (Wildman–Crippen LogP) is 21.7. The van der Waals surface area contributed by atoms with Crippen molar-refractivity contribution >= 4 is 17.9 Å². The lowest BCUT2D eigenvalue weighted by Crippen LogP contribution is -2.30. The molecule has 0 fully saturated rings. The van der Waals surface area contributed by atoms with Crippen LogP contribution in [0.3, 0.4) is 0 Å². The minimum atomic E-state index is -0.806. The number of hydrogen-bond acceptors (Lipinski definition) is 6. The second-order valence-corrected chi connectivity index (χ2v) is 20.2. The van der Waals surface area contributed by atoms with Gasteiger partial charge in [0.1, 0.15) is 13.2 Å². The topological polar surface area (TPSA) is 78.9 Å². The van der Waals surface area contributed by atoms with Gasteiger partial charge in [-0.05, 0) is 148 Å². The highest BCUT2D eigenvalue weighted by molar-refractivity contribution is 5.71. The number of ether oxygens (including phenoxy) is 3. The van der Waals surface area contributed by atoms with Crippen LogP contribution in [-0.4, -0.2) is 37.2 Å². The zero-order valence-corrected chi connectivity index (χ0v) is 50.1. The first-order chi connectivity index (χ1) is 38.5. The molecule has 78 heavy (non-hydrogen) atoms. The maximum atomic E-state index is 12.9. The van der Waals surface area contributed by atoms with Gasteiger partial charge in [0.25, 0.3) is 0 Å². The summed E-state index contributed by atoms with van der Waals surface area (Å²) in [5, 5.41) is 0.